The highest BCUT2D eigenvalue weighted by molar-refractivity contribution is 6.30. The third-order valence-electron chi connectivity index (χ3n) is 5.12. The van der Waals surface area contributed by atoms with Crippen LogP contribution in [0.5, 0.6) is 0 Å². The predicted octanol–water partition coefficient (Wildman–Crippen LogP) is 3.00. The molecule has 0 unspecified atom stereocenters. The van der Waals surface area contributed by atoms with Gasteiger partial charge in [0.05, 0.1) is 0 Å². The summed E-state index contributed by atoms with van der Waals surface area (Å²) in [4.78, 5) is 28.8. The molecule has 2 aliphatic rings. The highest BCUT2D eigenvalue weighted by atomic mass is 35.5. The number of carbonyl (C=O) groups is 2. The van der Waals surface area contributed by atoms with E-state index in [1.165, 1.54) is 0 Å². The van der Waals surface area contributed by atoms with Crippen LogP contribution >= 0.6 is 11.6 Å². The quantitative estimate of drug-likeness (QED) is 0.874. The highest BCUT2D eigenvalue weighted by Gasteiger charge is 2.29. The van der Waals surface area contributed by atoms with Gasteiger partial charge in [-0.2, -0.15) is 0 Å². The van der Waals surface area contributed by atoms with Crippen molar-refractivity contribution in [2.45, 2.75) is 32.1 Å². The normalized spacial score (nSPS) is 19.2. The van der Waals surface area contributed by atoms with Crippen LogP contribution in [0.4, 0.5) is 5.69 Å². The van der Waals surface area contributed by atoms with E-state index in [2.05, 4.69) is 10.2 Å². The molecule has 0 saturated carbocycles. The van der Waals surface area contributed by atoms with Crippen LogP contribution in [0.2, 0.25) is 5.02 Å². The van der Waals surface area contributed by atoms with Gasteiger partial charge in [0.15, 0.2) is 0 Å². The summed E-state index contributed by atoms with van der Waals surface area (Å²) in [6, 6.07) is 7.18. The number of nitrogens with zero attached hydrogens (tertiary/aromatic N) is 2. The second-order valence-electron chi connectivity index (χ2n) is 6.96. The summed E-state index contributed by atoms with van der Waals surface area (Å²) < 4.78 is 0. The summed E-state index contributed by atoms with van der Waals surface area (Å²) in [5, 5.41) is 3.49. The van der Waals surface area contributed by atoms with Gasteiger partial charge in [0.25, 0.3) is 0 Å². The van der Waals surface area contributed by atoms with Gasteiger partial charge < -0.3 is 15.1 Å². The van der Waals surface area contributed by atoms with Crippen molar-refractivity contribution >= 4 is 29.1 Å². The van der Waals surface area contributed by atoms with Crippen LogP contribution in [0.15, 0.2) is 24.3 Å². The van der Waals surface area contributed by atoms with Gasteiger partial charge in [0.1, 0.15) is 0 Å². The van der Waals surface area contributed by atoms with Crippen LogP contribution in [0.3, 0.4) is 0 Å². The molecule has 0 bridgehead atoms. The van der Waals surface area contributed by atoms with E-state index in [4.69, 9.17) is 11.6 Å². The highest BCUT2D eigenvalue weighted by Crippen LogP contribution is 2.22. The van der Waals surface area contributed by atoms with E-state index in [-0.39, 0.29) is 11.8 Å². The number of benzene rings is 1. The van der Waals surface area contributed by atoms with E-state index in [0.717, 1.165) is 64.1 Å². The molecule has 136 valence electrons. The molecule has 1 aromatic carbocycles. The van der Waals surface area contributed by atoms with E-state index in [1.807, 2.05) is 17.0 Å². The number of rotatable bonds is 5. The van der Waals surface area contributed by atoms with Crippen LogP contribution < -0.4 is 5.32 Å². The van der Waals surface area contributed by atoms with Crippen molar-refractivity contribution in [1.29, 1.82) is 0 Å². The van der Waals surface area contributed by atoms with Crippen molar-refractivity contribution in [3.05, 3.63) is 29.3 Å². The third-order valence-corrected chi connectivity index (χ3v) is 5.35. The van der Waals surface area contributed by atoms with Crippen LogP contribution in [0.25, 0.3) is 0 Å². The molecule has 2 heterocycles. The van der Waals surface area contributed by atoms with Gasteiger partial charge in [0, 0.05) is 42.7 Å². The van der Waals surface area contributed by atoms with Crippen molar-refractivity contribution in [2.24, 2.45) is 5.92 Å². The average Bonchev–Trinajstić information content (AvgIpc) is 3.14. The van der Waals surface area contributed by atoms with E-state index in [0.29, 0.717) is 17.4 Å². The lowest BCUT2D eigenvalue weighted by Crippen LogP contribution is -2.42. The first kappa shape index (κ1) is 18.2. The minimum atomic E-state index is -0.00228. The monoisotopic (exact) mass is 363 g/mol. The standard InChI is InChI=1S/C19H26ClN3O2/c20-16-4-3-5-17(14-16)21-18(24)8-13-22-11-6-15(7-12-22)19(25)23-9-1-2-10-23/h3-5,14-15H,1-2,6-13H2,(H,21,24). The summed E-state index contributed by atoms with van der Waals surface area (Å²) in [6.45, 7) is 4.39. The fourth-order valence-corrected chi connectivity index (χ4v) is 3.84. The van der Waals surface area contributed by atoms with Crippen LogP contribution in [-0.4, -0.2) is 54.3 Å². The molecule has 25 heavy (non-hydrogen) atoms. The minimum Gasteiger partial charge on any atom is -0.342 e. The second kappa shape index (κ2) is 8.68. The number of hydrogen-bond donors (Lipinski definition) is 1. The Hall–Kier alpha value is -1.59. The van der Waals surface area contributed by atoms with Crippen molar-refractivity contribution in [2.75, 3.05) is 38.0 Å². The van der Waals surface area contributed by atoms with E-state index < -0.39 is 0 Å². The first-order valence-electron chi connectivity index (χ1n) is 9.18. The molecular formula is C19H26ClN3O2. The molecule has 2 saturated heterocycles. The lowest BCUT2D eigenvalue weighted by Gasteiger charge is -2.33. The molecule has 5 nitrogen and oxygen atoms in total. The fourth-order valence-electron chi connectivity index (χ4n) is 3.65. The SMILES string of the molecule is O=C(CCN1CCC(C(=O)N2CCCC2)CC1)Nc1cccc(Cl)c1. The number of amides is 2. The van der Waals surface area contributed by atoms with Crippen LogP contribution in [0, 0.1) is 5.92 Å². The maximum absolute atomic E-state index is 12.4. The molecule has 3 rings (SSSR count). The van der Waals surface area contributed by atoms with Gasteiger partial charge in [-0.3, -0.25) is 9.59 Å². The van der Waals surface area contributed by atoms with Crippen LogP contribution in [-0.2, 0) is 9.59 Å². The molecule has 2 aliphatic heterocycles. The Morgan fingerprint density at radius 1 is 1.12 bits per heavy atom. The van der Waals surface area contributed by atoms with Crippen molar-refractivity contribution < 1.29 is 9.59 Å². The van der Waals surface area contributed by atoms with Crippen LogP contribution in [0.1, 0.15) is 32.1 Å². The lowest BCUT2D eigenvalue weighted by atomic mass is 9.95. The van der Waals surface area contributed by atoms with Gasteiger partial charge in [-0.25, -0.2) is 0 Å². The Bertz CT molecular complexity index is 608. The third kappa shape index (κ3) is 5.19. The summed E-state index contributed by atoms with van der Waals surface area (Å²) >= 11 is 5.92. The largest absolute Gasteiger partial charge is 0.342 e. The Labute approximate surface area is 154 Å². The molecule has 0 aromatic heterocycles. The van der Waals surface area contributed by atoms with Gasteiger partial charge in [-0.1, -0.05) is 17.7 Å². The Morgan fingerprint density at radius 3 is 2.52 bits per heavy atom. The van der Waals surface area contributed by atoms with Crippen molar-refractivity contribution in [1.82, 2.24) is 9.80 Å². The average molecular weight is 364 g/mol. The summed E-state index contributed by atoms with van der Waals surface area (Å²) in [5.41, 5.74) is 0.729. The lowest BCUT2D eigenvalue weighted by molar-refractivity contribution is -0.136. The number of likely N-dealkylation sites (tertiary alicyclic amines) is 2. The zero-order valence-corrected chi connectivity index (χ0v) is 15.3. The number of nitrogens with one attached hydrogen (secondary N) is 1. The number of hydrogen-bond acceptors (Lipinski definition) is 3. The van der Waals surface area contributed by atoms with Gasteiger partial charge >= 0.3 is 0 Å². The minimum absolute atomic E-state index is 0.00228. The Balaban J connectivity index is 1.37. The number of piperidine rings is 1. The summed E-state index contributed by atoms with van der Waals surface area (Å²) in [7, 11) is 0. The first-order chi connectivity index (χ1) is 12.1. The van der Waals surface area contributed by atoms with Gasteiger partial charge in [-0.15, -0.1) is 0 Å². The molecular weight excluding hydrogens is 338 g/mol. The zero-order chi connectivity index (χ0) is 17.6. The summed E-state index contributed by atoms with van der Waals surface area (Å²) in [5.74, 6) is 0.517. The maximum Gasteiger partial charge on any atom is 0.225 e. The molecule has 0 aliphatic carbocycles. The van der Waals surface area contributed by atoms with Crippen molar-refractivity contribution in [3.63, 3.8) is 0 Å². The maximum atomic E-state index is 12.4. The van der Waals surface area contributed by atoms with Gasteiger partial charge in [0.2, 0.25) is 11.8 Å². The summed E-state index contributed by atoms with van der Waals surface area (Å²) in [6.07, 6.45) is 4.56. The van der Waals surface area contributed by atoms with E-state index >= 15 is 0 Å². The van der Waals surface area contributed by atoms with Crippen molar-refractivity contribution in [3.8, 4) is 0 Å². The second-order valence-corrected chi connectivity index (χ2v) is 7.39. The van der Waals surface area contributed by atoms with E-state index in [9.17, 15) is 9.59 Å². The van der Waals surface area contributed by atoms with E-state index in [1.54, 1.807) is 12.1 Å². The number of carbonyl (C=O) groups excluding carboxylic acids is 2. The first-order valence-corrected chi connectivity index (χ1v) is 9.56. The fraction of sp³-hybridized carbons (Fsp3) is 0.579. The smallest absolute Gasteiger partial charge is 0.225 e. The molecule has 1 N–H and O–H groups in total. The molecule has 1 aromatic rings. The number of halogens is 1. The molecule has 0 radical (unpaired) electrons. The molecule has 0 atom stereocenters. The molecule has 0 spiro atoms. The zero-order valence-electron chi connectivity index (χ0n) is 14.5. The predicted molar refractivity (Wildman–Crippen MR) is 99.7 cm³/mol. The number of anilines is 1. The topological polar surface area (TPSA) is 52.7 Å². The van der Waals surface area contributed by atoms with Gasteiger partial charge in [-0.05, 0) is 57.0 Å². The Morgan fingerprint density at radius 2 is 1.84 bits per heavy atom. The Kier molecular flexibility index (Phi) is 6.32. The molecule has 2 fully saturated rings. The molecule has 2 amide bonds. The molecule has 6 heteroatoms.